The van der Waals surface area contributed by atoms with Crippen LogP contribution >= 0.6 is 0 Å². The minimum absolute atomic E-state index is 0.00670. The van der Waals surface area contributed by atoms with E-state index in [-0.39, 0.29) is 42.7 Å². The van der Waals surface area contributed by atoms with Crippen LogP contribution in [0.2, 0.25) is 0 Å². The molecule has 0 aliphatic heterocycles. The van der Waals surface area contributed by atoms with Crippen molar-refractivity contribution in [3.8, 4) is 11.1 Å². The number of fused-ring (bicyclic) bond motifs is 3. The normalized spacial score (nSPS) is 19.2. The van der Waals surface area contributed by atoms with Gasteiger partial charge in [-0.1, -0.05) is 48.5 Å². The van der Waals surface area contributed by atoms with E-state index in [0.717, 1.165) is 11.1 Å². The van der Waals surface area contributed by atoms with Gasteiger partial charge in [0.1, 0.15) is 6.61 Å². The number of nitrogens with one attached hydrogen (secondary N) is 1. The molecule has 0 saturated heterocycles. The Labute approximate surface area is 193 Å². The molecule has 0 heterocycles. The number of carbonyl (C=O) groups is 3. The van der Waals surface area contributed by atoms with Crippen molar-refractivity contribution in [2.75, 3.05) is 19.7 Å². The standard InChI is InChI=1S/C26H30N2O5/c1-3-28(16(2)12-24(29)30)25(31)22-13-17(22)14-27-26(32)33-15-23-20-10-6-4-8-18(20)19-9-5-7-11-21(19)23/h4-11,16-17,22-23H,3,12-15H2,1-2H3,(H,27,32)(H,29,30)/t16?,17-,22-/m0/s1. The van der Waals surface area contributed by atoms with Crippen molar-refractivity contribution in [2.45, 2.75) is 38.6 Å². The highest BCUT2D eigenvalue weighted by atomic mass is 16.5. The summed E-state index contributed by atoms with van der Waals surface area (Å²) in [6.07, 6.45) is 0.134. The van der Waals surface area contributed by atoms with E-state index in [1.54, 1.807) is 11.8 Å². The third-order valence-corrected chi connectivity index (χ3v) is 6.72. The lowest BCUT2D eigenvalue weighted by atomic mass is 9.98. The van der Waals surface area contributed by atoms with Crippen molar-refractivity contribution in [1.82, 2.24) is 10.2 Å². The molecule has 1 saturated carbocycles. The SMILES string of the molecule is CCN(C(=O)[C@H]1C[C@H]1CNC(=O)OCC1c2ccccc2-c2ccccc21)C(C)CC(=O)O. The summed E-state index contributed by atoms with van der Waals surface area (Å²) >= 11 is 0. The fourth-order valence-corrected chi connectivity index (χ4v) is 4.90. The van der Waals surface area contributed by atoms with E-state index in [2.05, 4.69) is 29.6 Å². The first-order chi connectivity index (χ1) is 15.9. The van der Waals surface area contributed by atoms with E-state index in [1.165, 1.54) is 11.1 Å². The molecule has 3 atom stereocenters. The molecular formula is C26H30N2O5. The number of benzene rings is 2. The second kappa shape index (κ2) is 9.65. The molecule has 2 aliphatic carbocycles. The highest BCUT2D eigenvalue weighted by molar-refractivity contribution is 5.83. The number of carboxylic acid groups (broad SMARTS) is 1. The third-order valence-electron chi connectivity index (χ3n) is 6.72. The van der Waals surface area contributed by atoms with Crippen molar-refractivity contribution >= 4 is 18.0 Å². The average molecular weight is 451 g/mol. The van der Waals surface area contributed by atoms with Gasteiger partial charge in [0.25, 0.3) is 0 Å². The maximum absolute atomic E-state index is 12.7. The van der Waals surface area contributed by atoms with Crippen LogP contribution in [0.25, 0.3) is 11.1 Å². The summed E-state index contributed by atoms with van der Waals surface area (Å²) in [5, 5.41) is 11.8. The fourth-order valence-electron chi connectivity index (χ4n) is 4.90. The largest absolute Gasteiger partial charge is 0.481 e. The second-order valence-electron chi connectivity index (χ2n) is 8.88. The van der Waals surface area contributed by atoms with E-state index < -0.39 is 12.1 Å². The van der Waals surface area contributed by atoms with Crippen LogP contribution in [0.5, 0.6) is 0 Å². The predicted molar refractivity (Wildman–Crippen MR) is 124 cm³/mol. The quantitative estimate of drug-likeness (QED) is 0.605. The molecule has 4 rings (SSSR count). The number of aliphatic carboxylic acids is 1. The summed E-state index contributed by atoms with van der Waals surface area (Å²) in [4.78, 5) is 37.7. The Morgan fingerprint density at radius 2 is 1.70 bits per heavy atom. The summed E-state index contributed by atoms with van der Waals surface area (Å²) in [5.41, 5.74) is 4.68. The van der Waals surface area contributed by atoms with Gasteiger partial charge in [-0.2, -0.15) is 0 Å². The number of carboxylic acids is 1. The van der Waals surface area contributed by atoms with Crippen LogP contribution < -0.4 is 5.32 Å². The van der Waals surface area contributed by atoms with E-state index in [1.807, 2.05) is 31.2 Å². The molecule has 2 aromatic carbocycles. The lowest BCUT2D eigenvalue weighted by Gasteiger charge is -2.27. The third kappa shape index (κ3) is 4.87. The summed E-state index contributed by atoms with van der Waals surface area (Å²) in [6.45, 7) is 4.70. The Morgan fingerprint density at radius 1 is 1.09 bits per heavy atom. The van der Waals surface area contributed by atoms with Crippen LogP contribution in [-0.2, 0) is 14.3 Å². The Balaban J connectivity index is 1.27. The van der Waals surface area contributed by atoms with Crippen LogP contribution in [-0.4, -0.2) is 53.7 Å². The molecular weight excluding hydrogens is 420 g/mol. The number of rotatable bonds is 9. The lowest BCUT2D eigenvalue weighted by Crippen LogP contribution is -2.41. The van der Waals surface area contributed by atoms with Crippen molar-refractivity contribution in [1.29, 1.82) is 0 Å². The molecule has 1 unspecified atom stereocenters. The van der Waals surface area contributed by atoms with Gasteiger partial charge in [0.2, 0.25) is 5.91 Å². The zero-order chi connectivity index (χ0) is 23.5. The van der Waals surface area contributed by atoms with Gasteiger partial charge in [0.05, 0.1) is 6.42 Å². The highest BCUT2D eigenvalue weighted by Crippen LogP contribution is 2.44. The molecule has 0 aromatic heterocycles. The molecule has 0 bridgehead atoms. The summed E-state index contributed by atoms with van der Waals surface area (Å²) in [7, 11) is 0. The molecule has 7 heteroatoms. The number of hydrogen-bond acceptors (Lipinski definition) is 4. The number of ether oxygens (including phenoxy) is 1. The van der Waals surface area contributed by atoms with Gasteiger partial charge < -0.3 is 20.1 Å². The molecule has 0 spiro atoms. The summed E-state index contributed by atoms with van der Waals surface area (Å²) in [6, 6.07) is 16.0. The summed E-state index contributed by atoms with van der Waals surface area (Å²) in [5.74, 6) is -1.06. The van der Waals surface area contributed by atoms with Gasteiger partial charge in [0, 0.05) is 31.0 Å². The van der Waals surface area contributed by atoms with E-state index in [9.17, 15) is 14.4 Å². The van der Waals surface area contributed by atoms with E-state index in [4.69, 9.17) is 9.84 Å². The first-order valence-corrected chi connectivity index (χ1v) is 11.5. The zero-order valence-electron chi connectivity index (χ0n) is 19.0. The molecule has 2 aliphatic rings. The zero-order valence-corrected chi connectivity index (χ0v) is 19.0. The molecule has 2 aromatic rings. The lowest BCUT2D eigenvalue weighted by molar-refractivity contribution is -0.141. The fraction of sp³-hybridized carbons (Fsp3) is 0.423. The van der Waals surface area contributed by atoms with Gasteiger partial charge in [-0.3, -0.25) is 9.59 Å². The number of amides is 2. The van der Waals surface area contributed by atoms with Gasteiger partial charge in [-0.25, -0.2) is 4.79 Å². The van der Waals surface area contributed by atoms with Crippen molar-refractivity contribution in [3.63, 3.8) is 0 Å². The number of hydrogen-bond donors (Lipinski definition) is 2. The topological polar surface area (TPSA) is 95.9 Å². The van der Waals surface area contributed by atoms with Crippen LogP contribution in [0.3, 0.4) is 0 Å². The Morgan fingerprint density at radius 3 is 2.27 bits per heavy atom. The van der Waals surface area contributed by atoms with Crippen molar-refractivity contribution < 1.29 is 24.2 Å². The van der Waals surface area contributed by atoms with Crippen LogP contribution in [0.15, 0.2) is 48.5 Å². The minimum atomic E-state index is -0.919. The molecule has 174 valence electrons. The highest BCUT2D eigenvalue weighted by Gasteiger charge is 2.45. The van der Waals surface area contributed by atoms with Crippen molar-refractivity contribution in [3.05, 3.63) is 59.7 Å². The molecule has 2 N–H and O–H groups in total. The van der Waals surface area contributed by atoms with Crippen molar-refractivity contribution in [2.24, 2.45) is 11.8 Å². The first-order valence-electron chi connectivity index (χ1n) is 11.5. The second-order valence-corrected chi connectivity index (χ2v) is 8.88. The van der Waals surface area contributed by atoms with Gasteiger partial charge in [-0.05, 0) is 48.4 Å². The van der Waals surface area contributed by atoms with E-state index in [0.29, 0.717) is 19.5 Å². The van der Waals surface area contributed by atoms with Gasteiger partial charge in [-0.15, -0.1) is 0 Å². The first kappa shape index (κ1) is 22.8. The average Bonchev–Trinajstić information content (AvgIpc) is 3.51. The monoisotopic (exact) mass is 450 g/mol. The Kier molecular flexibility index (Phi) is 6.67. The Bertz CT molecular complexity index is 1010. The molecule has 1 fully saturated rings. The van der Waals surface area contributed by atoms with Crippen LogP contribution in [0, 0.1) is 11.8 Å². The van der Waals surface area contributed by atoms with Gasteiger partial charge in [0.15, 0.2) is 0 Å². The smallest absolute Gasteiger partial charge is 0.407 e. The molecule has 7 nitrogen and oxygen atoms in total. The maximum atomic E-state index is 12.7. The molecule has 0 radical (unpaired) electrons. The number of nitrogens with zero attached hydrogens (tertiary/aromatic N) is 1. The molecule has 2 amide bonds. The van der Waals surface area contributed by atoms with Gasteiger partial charge >= 0.3 is 12.1 Å². The maximum Gasteiger partial charge on any atom is 0.407 e. The predicted octanol–water partition coefficient (Wildman–Crippen LogP) is 3.87. The summed E-state index contributed by atoms with van der Waals surface area (Å²) < 4.78 is 5.55. The molecule has 33 heavy (non-hydrogen) atoms. The number of carbonyl (C=O) groups excluding carboxylic acids is 2. The van der Waals surface area contributed by atoms with E-state index >= 15 is 0 Å². The van der Waals surface area contributed by atoms with Crippen LogP contribution in [0.1, 0.15) is 43.7 Å². The van der Waals surface area contributed by atoms with Crippen LogP contribution in [0.4, 0.5) is 4.79 Å². The number of alkyl carbamates (subject to hydrolysis) is 1. The minimum Gasteiger partial charge on any atom is -0.481 e. The Hall–Kier alpha value is -3.35.